The highest BCUT2D eigenvalue weighted by molar-refractivity contribution is 8.18. The van der Waals surface area contributed by atoms with E-state index in [1.54, 1.807) is 0 Å². The van der Waals surface area contributed by atoms with E-state index in [0.717, 1.165) is 49.2 Å². The second-order valence-electron chi connectivity index (χ2n) is 7.79. The van der Waals surface area contributed by atoms with E-state index in [-0.39, 0.29) is 12.0 Å². The van der Waals surface area contributed by atoms with Crippen LogP contribution in [-0.4, -0.2) is 53.2 Å². The van der Waals surface area contributed by atoms with Gasteiger partial charge in [-0.15, -0.1) is 0 Å². The molecule has 0 atom stereocenters. The quantitative estimate of drug-likeness (QED) is 0.675. The minimum atomic E-state index is -0.149. The molecule has 1 fully saturated rings. The summed E-state index contributed by atoms with van der Waals surface area (Å²) in [4.78, 5) is 22.1. The number of hydrogen-bond donors (Lipinski definition) is 0. The Morgan fingerprint density at radius 3 is 2.40 bits per heavy atom. The summed E-state index contributed by atoms with van der Waals surface area (Å²) >= 11 is 1.48. The van der Waals surface area contributed by atoms with Crippen molar-refractivity contribution in [3.63, 3.8) is 0 Å². The normalized spacial score (nSPS) is 18.9. The summed E-state index contributed by atoms with van der Waals surface area (Å²) in [5, 5.41) is 0.824. The van der Waals surface area contributed by atoms with Gasteiger partial charge >= 0.3 is 0 Å². The third-order valence-corrected chi connectivity index (χ3v) is 6.10. The molecule has 30 heavy (non-hydrogen) atoms. The number of piperazine rings is 1. The van der Waals surface area contributed by atoms with E-state index >= 15 is 0 Å². The lowest BCUT2D eigenvalue weighted by Crippen LogP contribution is -2.47. The number of benzene rings is 2. The molecule has 2 aromatic carbocycles. The molecule has 4 rings (SSSR count). The van der Waals surface area contributed by atoms with Gasteiger partial charge < -0.3 is 9.64 Å². The van der Waals surface area contributed by atoms with Crippen molar-refractivity contribution in [1.82, 2.24) is 9.80 Å². The fourth-order valence-corrected chi connectivity index (χ4v) is 4.50. The summed E-state index contributed by atoms with van der Waals surface area (Å²) in [6, 6.07) is 18.4. The summed E-state index contributed by atoms with van der Waals surface area (Å²) < 4.78 is 5.68. The van der Waals surface area contributed by atoms with Gasteiger partial charge in [-0.25, -0.2) is 0 Å². The number of aliphatic imine (C=N–C) groups is 1. The summed E-state index contributed by atoms with van der Waals surface area (Å²) in [5.74, 6) is 0.687. The Labute approximate surface area is 182 Å². The van der Waals surface area contributed by atoms with Crippen LogP contribution in [0.2, 0.25) is 0 Å². The van der Waals surface area contributed by atoms with E-state index < -0.39 is 0 Å². The lowest BCUT2D eigenvalue weighted by Gasteiger charge is -2.35. The van der Waals surface area contributed by atoms with Crippen molar-refractivity contribution in [2.24, 2.45) is 4.99 Å². The van der Waals surface area contributed by atoms with Gasteiger partial charge in [0.1, 0.15) is 5.75 Å². The molecule has 6 heteroatoms. The van der Waals surface area contributed by atoms with Crippen LogP contribution in [0.4, 0.5) is 0 Å². The Hall–Kier alpha value is -2.57. The molecule has 2 heterocycles. The molecule has 156 valence electrons. The molecular formula is C24H27N3O2S. The first-order chi connectivity index (χ1) is 14.6. The van der Waals surface area contributed by atoms with Gasteiger partial charge in [0, 0.05) is 32.7 Å². The molecule has 0 saturated carbocycles. The number of amides is 1. The van der Waals surface area contributed by atoms with Crippen molar-refractivity contribution >= 4 is 28.9 Å². The number of rotatable bonds is 5. The second kappa shape index (κ2) is 9.49. The maximum absolute atomic E-state index is 12.4. The van der Waals surface area contributed by atoms with Crippen LogP contribution in [0.3, 0.4) is 0 Å². The molecule has 2 aliphatic heterocycles. The zero-order valence-corrected chi connectivity index (χ0v) is 18.3. The van der Waals surface area contributed by atoms with Gasteiger partial charge in [-0.2, -0.15) is 4.99 Å². The molecule has 5 nitrogen and oxygen atoms in total. The maximum Gasteiger partial charge on any atom is 0.286 e. The van der Waals surface area contributed by atoms with Gasteiger partial charge in [0.2, 0.25) is 0 Å². The number of nitrogens with zero attached hydrogens (tertiary/aromatic N) is 3. The third-order valence-electron chi connectivity index (χ3n) is 5.05. The number of hydrogen-bond acceptors (Lipinski definition) is 5. The van der Waals surface area contributed by atoms with E-state index in [1.165, 1.54) is 17.3 Å². The second-order valence-corrected chi connectivity index (χ2v) is 8.80. The SMILES string of the molecule is CC(C)Oc1ccc(/C=C2\SC(N3CCN(Cc4ccccc4)CC3)=NC2=O)cc1. The minimum Gasteiger partial charge on any atom is -0.491 e. The van der Waals surface area contributed by atoms with E-state index in [1.807, 2.05) is 50.3 Å². The summed E-state index contributed by atoms with van der Waals surface area (Å²) in [7, 11) is 0. The molecule has 1 amide bonds. The molecule has 2 aromatic rings. The third kappa shape index (κ3) is 5.32. The molecule has 0 radical (unpaired) electrons. The van der Waals surface area contributed by atoms with E-state index in [0.29, 0.717) is 4.91 Å². The van der Waals surface area contributed by atoms with Crippen LogP contribution < -0.4 is 4.74 Å². The Bertz CT molecular complexity index is 931. The number of carbonyl (C=O) groups excluding carboxylic acids is 1. The number of thioether (sulfide) groups is 1. The minimum absolute atomic E-state index is 0.144. The largest absolute Gasteiger partial charge is 0.491 e. The van der Waals surface area contributed by atoms with Crippen molar-refractivity contribution in [2.75, 3.05) is 26.2 Å². The number of amidine groups is 1. The standard InChI is InChI=1S/C24H27N3O2S/c1-18(2)29-21-10-8-19(9-11-21)16-22-23(28)25-24(30-22)27-14-12-26(13-15-27)17-20-6-4-3-5-7-20/h3-11,16,18H,12-15,17H2,1-2H3/b22-16-. The molecule has 2 aliphatic rings. The Kier molecular flexibility index (Phi) is 6.55. The highest BCUT2D eigenvalue weighted by atomic mass is 32.2. The lowest BCUT2D eigenvalue weighted by molar-refractivity contribution is -0.113. The van der Waals surface area contributed by atoms with Crippen molar-refractivity contribution in [3.8, 4) is 5.75 Å². The van der Waals surface area contributed by atoms with Crippen LogP contribution in [0.15, 0.2) is 64.5 Å². The molecule has 0 aliphatic carbocycles. The lowest BCUT2D eigenvalue weighted by atomic mass is 10.2. The van der Waals surface area contributed by atoms with Crippen LogP contribution in [0, 0.1) is 0 Å². The Morgan fingerprint density at radius 1 is 1.03 bits per heavy atom. The van der Waals surface area contributed by atoms with Crippen LogP contribution in [0.5, 0.6) is 5.75 Å². The van der Waals surface area contributed by atoms with Crippen molar-refractivity contribution in [2.45, 2.75) is 26.5 Å². The summed E-state index contributed by atoms with van der Waals surface area (Å²) in [6.07, 6.45) is 2.05. The molecule has 0 spiro atoms. The molecule has 0 bridgehead atoms. The van der Waals surface area contributed by atoms with Crippen molar-refractivity contribution in [3.05, 3.63) is 70.6 Å². The van der Waals surface area contributed by atoms with Gasteiger partial charge in [0.05, 0.1) is 11.0 Å². The first-order valence-electron chi connectivity index (χ1n) is 10.4. The molecule has 0 aromatic heterocycles. The fraction of sp³-hybridized carbons (Fsp3) is 0.333. The predicted molar refractivity (Wildman–Crippen MR) is 124 cm³/mol. The molecular weight excluding hydrogens is 394 g/mol. The van der Waals surface area contributed by atoms with Gasteiger partial charge in [-0.3, -0.25) is 9.69 Å². The molecule has 0 N–H and O–H groups in total. The van der Waals surface area contributed by atoms with Crippen LogP contribution in [-0.2, 0) is 11.3 Å². The first-order valence-corrected chi connectivity index (χ1v) is 11.2. The van der Waals surface area contributed by atoms with Crippen LogP contribution >= 0.6 is 11.8 Å². The van der Waals surface area contributed by atoms with Gasteiger partial charge in [0.25, 0.3) is 5.91 Å². The van der Waals surface area contributed by atoms with E-state index in [9.17, 15) is 4.79 Å². The van der Waals surface area contributed by atoms with Crippen molar-refractivity contribution < 1.29 is 9.53 Å². The molecule has 0 unspecified atom stereocenters. The number of ether oxygens (including phenoxy) is 1. The average molecular weight is 422 g/mol. The van der Waals surface area contributed by atoms with E-state index in [2.05, 4.69) is 39.1 Å². The van der Waals surface area contributed by atoms with Gasteiger partial charge in [-0.1, -0.05) is 42.5 Å². The van der Waals surface area contributed by atoms with Crippen LogP contribution in [0.1, 0.15) is 25.0 Å². The maximum atomic E-state index is 12.4. The average Bonchev–Trinajstić information content (AvgIpc) is 3.11. The predicted octanol–water partition coefficient (Wildman–Crippen LogP) is 4.26. The fourth-order valence-electron chi connectivity index (χ4n) is 3.54. The monoisotopic (exact) mass is 421 g/mol. The first kappa shape index (κ1) is 20.7. The van der Waals surface area contributed by atoms with Gasteiger partial charge in [0.15, 0.2) is 5.17 Å². The number of carbonyl (C=O) groups is 1. The zero-order valence-electron chi connectivity index (χ0n) is 17.5. The summed E-state index contributed by atoms with van der Waals surface area (Å²) in [5.41, 5.74) is 2.31. The summed E-state index contributed by atoms with van der Waals surface area (Å²) in [6.45, 7) is 8.70. The smallest absolute Gasteiger partial charge is 0.286 e. The highest BCUT2D eigenvalue weighted by Gasteiger charge is 2.28. The molecule has 1 saturated heterocycles. The van der Waals surface area contributed by atoms with Crippen molar-refractivity contribution in [1.29, 1.82) is 0 Å². The highest BCUT2D eigenvalue weighted by Crippen LogP contribution is 2.31. The Morgan fingerprint density at radius 2 is 1.73 bits per heavy atom. The topological polar surface area (TPSA) is 45.1 Å². The zero-order chi connectivity index (χ0) is 20.9. The van der Waals surface area contributed by atoms with Gasteiger partial charge in [-0.05, 0) is 54.9 Å². The van der Waals surface area contributed by atoms with E-state index in [4.69, 9.17) is 4.74 Å². The Balaban J connectivity index is 1.32. The van der Waals surface area contributed by atoms with Crippen LogP contribution in [0.25, 0.3) is 6.08 Å².